The van der Waals surface area contributed by atoms with E-state index in [0.717, 1.165) is 0 Å². The van der Waals surface area contributed by atoms with Gasteiger partial charge in [0.15, 0.2) is 0 Å². The molecule has 0 bridgehead atoms. The van der Waals surface area contributed by atoms with Crippen LogP contribution in [0, 0.1) is 22.0 Å². The predicted molar refractivity (Wildman–Crippen MR) is 76.9 cm³/mol. The number of allylic oxidation sites excluding steroid dienone is 2. The molecule has 8 heteroatoms. The van der Waals surface area contributed by atoms with Gasteiger partial charge in [-0.15, -0.1) is 0 Å². The Hall–Kier alpha value is -2.41. The van der Waals surface area contributed by atoms with Gasteiger partial charge in [-0.1, -0.05) is 17.7 Å². The van der Waals surface area contributed by atoms with Crippen LogP contribution in [-0.2, 0) is 9.59 Å². The van der Waals surface area contributed by atoms with Crippen LogP contribution in [0.5, 0.6) is 0 Å². The maximum atomic E-state index is 12.2. The summed E-state index contributed by atoms with van der Waals surface area (Å²) in [5.41, 5.74) is 0.243. The molecule has 116 valence electrons. The minimum absolute atomic E-state index is 0.103. The SMILES string of the molecule is O=C([O-])[C@H]1CC=C(Cl)C[C@H]1C(=O)Nc1ccc([N+](=O)[O-])cc1. The van der Waals surface area contributed by atoms with Crippen molar-refractivity contribution in [1.29, 1.82) is 0 Å². The molecule has 1 N–H and O–H groups in total. The van der Waals surface area contributed by atoms with Crippen molar-refractivity contribution in [2.24, 2.45) is 11.8 Å². The van der Waals surface area contributed by atoms with Gasteiger partial charge in [-0.25, -0.2) is 0 Å². The molecular formula is C14H12ClN2O5-. The largest absolute Gasteiger partial charge is 0.550 e. The maximum Gasteiger partial charge on any atom is 0.269 e. The zero-order valence-corrected chi connectivity index (χ0v) is 12.1. The summed E-state index contributed by atoms with van der Waals surface area (Å²) in [5.74, 6) is -3.59. The number of rotatable bonds is 4. The van der Waals surface area contributed by atoms with E-state index in [1.165, 1.54) is 24.3 Å². The molecule has 0 unspecified atom stereocenters. The Bertz CT molecular complexity index is 641. The third kappa shape index (κ3) is 3.62. The molecular weight excluding hydrogens is 312 g/mol. The number of carbonyl (C=O) groups excluding carboxylic acids is 2. The standard InChI is InChI=1S/C14H13ClN2O5/c15-8-1-6-11(14(19)20)12(7-8)13(18)16-9-2-4-10(5-3-9)17(21)22/h1-5,11-12H,6-7H2,(H,16,18)(H,19,20)/p-1/t11-,12+/m0/s1. The minimum atomic E-state index is -1.30. The zero-order chi connectivity index (χ0) is 16.3. The Morgan fingerprint density at radius 2 is 1.86 bits per heavy atom. The number of nitro benzene ring substituents is 1. The zero-order valence-electron chi connectivity index (χ0n) is 11.3. The van der Waals surface area contributed by atoms with Crippen molar-refractivity contribution in [2.75, 3.05) is 5.32 Å². The van der Waals surface area contributed by atoms with Crippen molar-refractivity contribution >= 4 is 34.9 Å². The van der Waals surface area contributed by atoms with E-state index in [9.17, 15) is 24.8 Å². The van der Waals surface area contributed by atoms with E-state index >= 15 is 0 Å². The smallest absolute Gasteiger partial charge is 0.269 e. The molecule has 0 aliphatic heterocycles. The van der Waals surface area contributed by atoms with Gasteiger partial charge in [0.05, 0.1) is 10.8 Å². The van der Waals surface area contributed by atoms with Gasteiger partial charge in [0.25, 0.3) is 5.69 Å². The van der Waals surface area contributed by atoms with Crippen LogP contribution in [0.25, 0.3) is 0 Å². The summed E-state index contributed by atoms with van der Waals surface area (Å²) in [6.07, 6.45) is 1.83. The van der Waals surface area contributed by atoms with E-state index in [1.807, 2.05) is 0 Å². The summed E-state index contributed by atoms with van der Waals surface area (Å²) < 4.78 is 0. The van der Waals surface area contributed by atoms with E-state index in [-0.39, 0.29) is 18.5 Å². The lowest BCUT2D eigenvalue weighted by molar-refractivity contribution is -0.384. The number of carboxylic acids is 1. The number of nitrogens with zero attached hydrogens (tertiary/aromatic N) is 1. The number of non-ortho nitro benzene ring substituents is 1. The highest BCUT2D eigenvalue weighted by Gasteiger charge is 2.32. The first-order valence-electron chi connectivity index (χ1n) is 6.49. The number of benzene rings is 1. The molecule has 0 spiro atoms. The number of aliphatic carboxylic acids is 1. The molecule has 2 atom stereocenters. The summed E-state index contributed by atoms with van der Waals surface area (Å²) in [6, 6.07) is 5.26. The van der Waals surface area contributed by atoms with Gasteiger partial charge in [0.1, 0.15) is 0 Å². The molecule has 22 heavy (non-hydrogen) atoms. The number of carbonyl (C=O) groups is 2. The van der Waals surface area contributed by atoms with Crippen molar-refractivity contribution in [3.05, 3.63) is 45.5 Å². The van der Waals surface area contributed by atoms with Gasteiger partial charge in [-0.05, 0) is 25.0 Å². The molecule has 7 nitrogen and oxygen atoms in total. The van der Waals surface area contributed by atoms with Crippen LogP contribution in [0.3, 0.4) is 0 Å². The molecule has 0 saturated carbocycles. The Kier molecular flexibility index (Phi) is 4.77. The molecule has 0 fully saturated rings. The number of nitro groups is 1. The van der Waals surface area contributed by atoms with Crippen molar-refractivity contribution in [3.8, 4) is 0 Å². The van der Waals surface area contributed by atoms with Crippen molar-refractivity contribution in [1.82, 2.24) is 0 Å². The lowest BCUT2D eigenvalue weighted by atomic mass is 9.82. The molecule has 1 aromatic rings. The Labute approximate surface area is 130 Å². The highest BCUT2D eigenvalue weighted by molar-refractivity contribution is 6.29. The van der Waals surface area contributed by atoms with E-state index < -0.39 is 28.6 Å². The van der Waals surface area contributed by atoms with E-state index in [4.69, 9.17) is 11.6 Å². The summed E-state index contributed by atoms with van der Waals surface area (Å²) >= 11 is 5.88. The quantitative estimate of drug-likeness (QED) is 0.665. The summed E-state index contributed by atoms with van der Waals surface area (Å²) in [5, 5.41) is 24.6. The molecule has 2 rings (SSSR count). The van der Waals surface area contributed by atoms with Gasteiger partial charge in [0.2, 0.25) is 5.91 Å². The molecule has 0 heterocycles. The van der Waals surface area contributed by atoms with Crippen molar-refractivity contribution in [3.63, 3.8) is 0 Å². The third-order valence-corrected chi connectivity index (χ3v) is 3.79. The van der Waals surface area contributed by atoms with Gasteiger partial charge in [0, 0.05) is 34.7 Å². The van der Waals surface area contributed by atoms with Crippen LogP contribution in [0.15, 0.2) is 35.4 Å². The number of nitrogens with one attached hydrogen (secondary N) is 1. The van der Waals surface area contributed by atoms with E-state index in [1.54, 1.807) is 6.08 Å². The van der Waals surface area contributed by atoms with Gasteiger partial charge < -0.3 is 15.2 Å². The second-order valence-corrected chi connectivity index (χ2v) is 5.40. The highest BCUT2D eigenvalue weighted by Crippen LogP contribution is 2.32. The van der Waals surface area contributed by atoms with Gasteiger partial charge >= 0.3 is 0 Å². The lowest BCUT2D eigenvalue weighted by Crippen LogP contribution is -2.42. The lowest BCUT2D eigenvalue weighted by Gasteiger charge is -2.29. The van der Waals surface area contributed by atoms with Gasteiger partial charge in [-0.2, -0.15) is 0 Å². The van der Waals surface area contributed by atoms with E-state index in [2.05, 4.69) is 5.32 Å². The Morgan fingerprint density at radius 3 is 2.41 bits per heavy atom. The number of anilines is 1. The normalized spacial score (nSPS) is 20.9. The first kappa shape index (κ1) is 16.0. The van der Waals surface area contributed by atoms with Crippen LogP contribution in [-0.4, -0.2) is 16.8 Å². The number of halogens is 1. The Balaban J connectivity index is 2.11. The second kappa shape index (κ2) is 6.57. The average Bonchev–Trinajstić information content (AvgIpc) is 2.47. The van der Waals surface area contributed by atoms with Crippen LogP contribution in [0.1, 0.15) is 12.8 Å². The molecule has 1 aliphatic rings. The van der Waals surface area contributed by atoms with Crippen LogP contribution in [0.4, 0.5) is 11.4 Å². The van der Waals surface area contributed by atoms with Crippen LogP contribution >= 0.6 is 11.6 Å². The molecule has 0 saturated heterocycles. The van der Waals surface area contributed by atoms with Crippen molar-refractivity contribution in [2.45, 2.75) is 12.8 Å². The monoisotopic (exact) mass is 323 g/mol. The summed E-state index contributed by atoms with van der Waals surface area (Å²) in [7, 11) is 0. The van der Waals surface area contributed by atoms with Crippen LogP contribution < -0.4 is 10.4 Å². The minimum Gasteiger partial charge on any atom is -0.550 e. The third-order valence-electron chi connectivity index (χ3n) is 3.48. The highest BCUT2D eigenvalue weighted by atomic mass is 35.5. The maximum absolute atomic E-state index is 12.2. The fourth-order valence-corrected chi connectivity index (χ4v) is 2.55. The molecule has 1 aromatic carbocycles. The number of amides is 1. The Morgan fingerprint density at radius 1 is 1.23 bits per heavy atom. The molecule has 0 aromatic heterocycles. The first-order chi connectivity index (χ1) is 10.4. The summed E-state index contributed by atoms with van der Waals surface area (Å²) in [4.78, 5) is 33.3. The predicted octanol–water partition coefficient (Wildman–Crippen LogP) is 1.43. The van der Waals surface area contributed by atoms with Gasteiger partial charge in [-0.3, -0.25) is 14.9 Å². The fourth-order valence-electron chi connectivity index (χ4n) is 2.29. The number of hydrogen-bond donors (Lipinski definition) is 1. The van der Waals surface area contributed by atoms with Crippen LogP contribution in [0.2, 0.25) is 0 Å². The number of carboxylic acid groups (broad SMARTS) is 1. The second-order valence-electron chi connectivity index (χ2n) is 4.92. The summed E-state index contributed by atoms with van der Waals surface area (Å²) in [6.45, 7) is 0. The first-order valence-corrected chi connectivity index (χ1v) is 6.87. The average molecular weight is 324 g/mol. The topological polar surface area (TPSA) is 112 Å². The van der Waals surface area contributed by atoms with E-state index in [0.29, 0.717) is 10.7 Å². The molecule has 1 aliphatic carbocycles. The molecule has 1 amide bonds. The fraction of sp³-hybridized carbons (Fsp3) is 0.286. The number of hydrogen-bond acceptors (Lipinski definition) is 5. The molecule has 0 radical (unpaired) electrons. The van der Waals surface area contributed by atoms with Crippen molar-refractivity contribution < 1.29 is 19.6 Å².